The number of allylic oxidation sites excluding steroid dienone is 4. The van der Waals surface area contributed by atoms with E-state index in [1.165, 1.54) is 32.6 Å². The van der Waals surface area contributed by atoms with Gasteiger partial charge in [-0.3, -0.25) is 0 Å². The molecule has 0 saturated heterocycles. The smallest absolute Gasteiger partial charge is 0.160 e. The van der Waals surface area contributed by atoms with Crippen molar-refractivity contribution in [1.82, 2.24) is 23.7 Å². The number of nitrogens with zero attached hydrogens (tertiary/aromatic N) is 5. The summed E-state index contributed by atoms with van der Waals surface area (Å²) in [6, 6.07) is 86.9. The zero-order chi connectivity index (χ0) is 50.0. The van der Waals surface area contributed by atoms with E-state index in [0.717, 1.165) is 100 Å². The molecule has 0 aliphatic rings. The molecule has 0 unspecified atom stereocenters. The molecular weight excluding hydrogens is 911 g/mol. The summed E-state index contributed by atoms with van der Waals surface area (Å²) < 4.78 is 7.30. The van der Waals surface area contributed by atoms with Crippen LogP contribution in [0.5, 0.6) is 0 Å². The topological polar surface area (TPSA) is 40.6 Å². The molecule has 0 radical (unpaired) electrons. The molecule has 5 nitrogen and oxygen atoms in total. The Balaban J connectivity index is 1.11. The molecule has 352 valence electrons. The van der Waals surface area contributed by atoms with Crippen molar-refractivity contribution in [1.29, 1.82) is 0 Å². The van der Waals surface area contributed by atoms with Crippen LogP contribution in [0, 0.1) is 0 Å². The second kappa shape index (κ2) is 17.9. The van der Waals surface area contributed by atoms with Gasteiger partial charge in [-0.25, -0.2) is 9.97 Å². The Morgan fingerprint density at radius 1 is 0.347 bits per heavy atom. The van der Waals surface area contributed by atoms with Gasteiger partial charge in [-0.05, 0) is 83.9 Å². The standard InChI is InChI=1S/C70H47N5/c1-3-22-46(4-2)58-41-50(70-71-61(48-25-10-6-11-26-48)45-62(72-70)49-27-12-7-13-28-49)42-59(47-23-8-5-9-24-47)69(58)75-67-40-38-51(73-63-33-18-14-29-53(63)54-30-15-19-34-64(54)73)43-60(67)57-39-37-52(44-68(57)75)74-65-35-20-16-31-55(65)56-32-17-21-36-66(56)74/h3-45H,1-2H2/b46-22+. The highest BCUT2D eigenvalue weighted by molar-refractivity contribution is 6.14. The molecule has 0 amide bonds. The van der Waals surface area contributed by atoms with Crippen molar-refractivity contribution in [3.63, 3.8) is 0 Å². The molecule has 5 heteroatoms. The van der Waals surface area contributed by atoms with Crippen LogP contribution in [-0.2, 0) is 0 Å². The van der Waals surface area contributed by atoms with Crippen LogP contribution in [0.15, 0.2) is 274 Å². The van der Waals surface area contributed by atoms with Crippen molar-refractivity contribution in [2.75, 3.05) is 0 Å². The average Bonchev–Trinajstić information content (AvgIpc) is 4.18. The van der Waals surface area contributed by atoms with Crippen LogP contribution < -0.4 is 0 Å². The van der Waals surface area contributed by atoms with Gasteiger partial charge in [0.15, 0.2) is 5.82 Å². The van der Waals surface area contributed by atoms with E-state index in [4.69, 9.17) is 9.97 Å². The number of hydrogen-bond acceptors (Lipinski definition) is 2. The molecule has 10 aromatic carbocycles. The summed E-state index contributed by atoms with van der Waals surface area (Å²) in [7, 11) is 0. The average molecular weight is 958 g/mol. The molecule has 14 rings (SSSR count). The molecule has 75 heavy (non-hydrogen) atoms. The van der Waals surface area contributed by atoms with E-state index in [1.807, 2.05) is 24.3 Å². The van der Waals surface area contributed by atoms with E-state index in [-0.39, 0.29) is 0 Å². The Labute approximate surface area is 434 Å². The highest BCUT2D eigenvalue weighted by atomic mass is 15.0. The minimum Gasteiger partial charge on any atom is -0.309 e. The quantitative estimate of drug-likeness (QED) is 0.128. The first-order chi connectivity index (χ1) is 37.1. The van der Waals surface area contributed by atoms with Crippen LogP contribution in [0.4, 0.5) is 0 Å². The lowest BCUT2D eigenvalue weighted by molar-refractivity contribution is 1.14. The van der Waals surface area contributed by atoms with Crippen molar-refractivity contribution in [2.24, 2.45) is 0 Å². The van der Waals surface area contributed by atoms with Gasteiger partial charge in [0.2, 0.25) is 0 Å². The van der Waals surface area contributed by atoms with Gasteiger partial charge in [-0.2, -0.15) is 0 Å². The molecule has 0 atom stereocenters. The number of fused-ring (bicyclic) bond motifs is 9. The van der Waals surface area contributed by atoms with E-state index in [0.29, 0.717) is 5.82 Å². The third-order valence-electron chi connectivity index (χ3n) is 14.8. The van der Waals surface area contributed by atoms with Gasteiger partial charge < -0.3 is 13.7 Å². The van der Waals surface area contributed by atoms with Crippen molar-refractivity contribution >= 4 is 71.0 Å². The van der Waals surface area contributed by atoms with Gasteiger partial charge >= 0.3 is 0 Å². The summed E-state index contributed by atoms with van der Waals surface area (Å²) in [5, 5.41) is 7.14. The summed E-state index contributed by atoms with van der Waals surface area (Å²) >= 11 is 0. The molecule has 14 aromatic rings. The Kier molecular flexibility index (Phi) is 10.4. The van der Waals surface area contributed by atoms with Crippen LogP contribution >= 0.6 is 0 Å². The number of para-hydroxylation sites is 4. The van der Waals surface area contributed by atoms with Gasteiger partial charge in [0, 0.05) is 71.5 Å². The third kappa shape index (κ3) is 7.16. The number of benzene rings is 10. The molecule has 0 fully saturated rings. The van der Waals surface area contributed by atoms with Gasteiger partial charge in [-0.15, -0.1) is 0 Å². The van der Waals surface area contributed by atoms with E-state index >= 15 is 0 Å². The zero-order valence-corrected chi connectivity index (χ0v) is 41.0. The Morgan fingerprint density at radius 2 is 0.787 bits per heavy atom. The largest absolute Gasteiger partial charge is 0.309 e. The molecule has 4 heterocycles. The van der Waals surface area contributed by atoms with Crippen molar-refractivity contribution in [3.8, 4) is 62.1 Å². The first-order valence-corrected chi connectivity index (χ1v) is 25.4. The van der Waals surface area contributed by atoms with E-state index in [2.05, 4.69) is 263 Å². The van der Waals surface area contributed by atoms with E-state index in [1.54, 1.807) is 0 Å². The van der Waals surface area contributed by atoms with Crippen LogP contribution in [0.2, 0.25) is 0 Å². The zero-order valence-electron chi connectivity index (χ0n) is 41.0. The van der Waals surface area contributed by atoms with Crippen LogP contribution in [0.1, 0.15) is 5.56 Å². The van der Waals surface area contributed by atoms with E-state index in [9.17, 15) is 0 Å². The second-order valence-electron chi connectivity index (χ2n) is 19.0. The lowest BCUT2D eigenvalue weighted by Gasteiger charge is -2.22. The van der Waals surface area contributed by atoms with Crippen LogP contribution in [-0.4, -0.2) is 23.7 Å². The van der Waals surface area contributed by atoms with Crippen molar-refractivity contribution < 1.29 is 0 Å². The minimum absolute atomic E-state index is 0.619. The number of hydrogen-bond donors (Lipinski definition) is 0. The fraction of sp³-hybridized carbons (Fsp3) is 0. The predicted molar refractivity (Wildman–Crippen MR) is 315 cm³/mol. The summed E-state index contributed by atoms with van der Waals surface area (Å²) in [6.07, 6.45) is 5.84. The second-order valence-corrected chi connectivity index (χ2v) is 19.0. The van der Waals surface area contributed by atoms with Crippen LogP contribution in [0.3, 0.4) is 0 Å². The fourth-order valence-corrected chi connectivity index (χ4v) is 11.5. The fourth-order valence-electron chi connectivity index (χ4n) is 11.5. The molecular formula is C70H47N5. The summed E-state index contributed by atoms with van der Waals surface area (Å²) in [5.74, 6) is 0.619. The SMILES string of the molecule is C=C/C=C(\C=C)c1cc(-c2nc(-c3ccccc3)cc(-c3ccccc3)n2)cc(-c2ccccc2)c1-n1c2ccc(-n3c4ccccc4c4ccccc43)cc2c2ccc(-n3c4ccccc4c4ccccc43)cc21. The highest BCUT2D eigenvalue weighted by Crippen LogP contribution is 2.45. The van der Waals surface area contributed by atoms with Crippen molar-refractivity contribution in [3.05, 3.63) is 280 Å². The molecule has 0 aliphatic carbocycles. The van der Waals surface area contributed by atoms with Gasteiger partial charge in [0.25, 0.3) is 0 Å². The molecule has 0 aliphatic heterocycles. The summed E-state index contributed by atoms with van der Waals surface area (Å²) in [4.78, 5) is 10.8. The van der Waals surface area contributed by atoms with Gasteiger partial charge in [0.05, 0.1) is 50.2 Å². The molecule has 0 N–H and O–H groups in total. The molecule has 0 saturated carbocycles. The molecule has 0 bridgehead atoms. The van der Waals surface area contributed by atoms with E-state index < -0.39 is 0 Å². The Hall–Kier alpha value is -10.1. The summed E-state index contributed by atoms with van der Waals surface area (Å²) in [6.45, 7) is 8.67. The first-order valence-electron chi connectivity index (χ1n) is 25.4. The number of rotatable bonds is 10. The van der Waals surface area contributed by atoms with Gasteiger partial charge in [0.1, 0.15) is 0 Å². The lowest BCUT2D eigenvalue weighted by atomic mass is 9.92. The maximum Gasteiger partial charge on any atom is 0.160 e. The monoisotopic (exact) mass is 957 g/mol. The molecule has 4 aromatic heterocycles. The minimum atomic E-state index is 0.619. The lowest BCUT2D eigenvalue weighted by Crippen LogP contribution is -2.05. The molecule has 0 spiro atoms. The summed E-state index contributed by atoms with van der Waals surface area (Å²) in [5.41, 5.74) is 18.5. The van der Waals surface area contributed by atoms with Crippen LogP contribution in [0.25, 0.3) is 133 Å². The highest BCUT2D eigenvalue weighted by Gasteiger charge is 2.25. The Morgan fingerprint density at radius 3 is 1.29 bits per heavy atom. The predicted octanol–water partition coefficient (Wildman–Crippen LogP) is 18.2. The van der Waals surface area contributed by atoms with Gasteiger partial charge in [-0.1, -0.05) is 201 Å². The van der Waals surface area contributed by atoms with Crippen molar-refractivity contribution in [2.45, 2.75) is 0 Å². The Bertz CT molecular complexity index is 4450. The first kappa shape index (κ1) is 43.7. The maximum atomic E-state index is 5.38. The maximum absolute atomic E-state index is 5.38. The third-order valence-corrected chi connectivity index (χ3v) is 14.8. The normalized spacial score (nSPS) is 11.9. The number of aromatic nitrogens is 5.